The molecule has 0 spiro atoms. The third-order valence-electron chi connectivity index (χ3n) is 3.13. The molecule has 24 heavy (non-hydrogen) atoms. The van der Waals surface area contributed by atoms with Gasteiger partial charge in [0.15, 0.2) is 5.69 Å². The van der Waals surface area contributed by atoms with Gasteiger partial charge in [-0.3, -0.25) is 24.3 Å². The second-order valence-corrected chi connectivity index (χ2v) is 5.21. The van der Waals surface area contributed by atoms with Crippen LogP contribution < -0.4 is 5.32 Å². The van der Waals surface area contributed by atoms with Crippen LogP contribution in [0.15, 0.2) is 48.9 Å². The predicted octanol–water partition coefficient (Wildman–Crippen LogP) is 2.40. The Balaban J connectivity index is 1.74. The molecule has 1 N–H and O–H groups in total. The predicted molar refractivity (Wildman–Crippen MR) is 85.9 cm³/mol. The van der Waals surface area contributed by atoms with E-state index in [1.54, 1.807) is 29.3 Å². The number of halogens is 1. The summed E-state index contributed by atoms with van der Waals surface area (Å²) in [5.41, 5.74) is 0.140. The number of nitro benzene ring substituents is 1. The van der Waals surface area contributed by atoms with Gasteiger partial charge in [0, 0.05) is 30.7 Å². The molecule has 0 bridgehead atoms. The summed E-state index contributed by atoms with van der Waals surface area (Å²) >= 11 is 5.96. The van der Waals surface area contributed by atoms with Crippen LogP contribution in [0.2, 0.25) is 5.02 Å². The van der Waals surface area contributed by atoms with E-state index in [4.69, 9.17) is 11.6 Å². The number of nitrogens with one attached hydrogen (secondary N) is 1. The van der Waals surface area contributed by atoms with Crippen molar-refractivity contribution in [3.05, 3.63) is 69.8 Å². The van der Waals surface area contributed by atoms with Crippen LogP contribution in [0, 0.1) is 10.1 Å². The van der Waals surface area contributed by atoms with E-state index in [0.29, 0.717) is 6.67 Å². The average molecular weight is 347 g/mol. The van der Waals surface area contributed by atoms with E-state index in [9.17, 15) is 14.9 Å². The van der Waals surface area contributed by atoms with Crippen LogP contribution in [0.1, 0.15) is 10.5 Å². The Labute approximate surface area is 140 Å². The van der Waals surface area contributed by atoms with Crippen molar-refractivity contribution in [2.45, 2.75) is 6.67 Å². The second kappa shape index (κ2) is 6.50. The first-order valence-electron chi connectivity index (χ1n) is 6.79. The van der Waals surface area contributed by atoms with Crippen LogP contribution in [0.3, 0.4) is 0 Å². The fourth-order valence-electron chi connectivity index (χ4n) is 2.00. The number of non-ortho nitro benzene ring substituents is 1. The van der Waals surface area contributed by atoms with E-state index in [-0.39, 0.29) is 22.1 Å². The number of benzene rings is 1. The number of anilines is 1. The van der Waals surface area contributed by atoms with Gasteiger partial charge < -0.3 is 5.32 Å². The summed E-state index contributed by atoms with van der Waals surface area (Å²) in [5.74, 6) is -0.517. The van der Waals surface area contributed by atoms with Gasteiger partial charge >= 0.3 is 0 Å². The van der Waals surface area contributed by atoms with Crippen molar-refractivity contribution in [2.75, 3.05) is 5.32 Å². The number of carbonyl (C=O) groups is 1. The Kier molecular flexibility index (Phi) is 4.25. The molecule has 0 saturated carbocycles. The van der Waals surface area contributed by atoms with Crippen molar-refractivity contribution in [1.29, 1.82) is 0 Å². The molecule has 0 atom stereocenters. The maximum Gasteiger partial charge on any atom is 0.276 e. The van der Waals surface area contributed by atoms with Crippen LogP contribution in [0.4, 0.5) is 11.4 Å². The molecule has 0 radical (unpaired) electrons. The van der Waals surface area contributed by atoms with Gasteiger partial charge in [0.05, 0.1) is 15.6 Å². The molecule has 0 saturated heterocycles. The second-order valence-electron chi connectivity index (χ2n) is 4.80. The molecule has 122 valence electrons. The molecule has 10 heteroatoms. The number of aromatic nitrogens is 4. The maximum absolute atomic E-state index is 12.2. The quantitative estimate of drug-likeness (QED) is 0.563. The van der Waals surface area contributed by atoms with Gasteiger partial charge in [-0.1, -0.05) is 11.6 Å². The Bertz CT molecular complexity index is 890. The maximum atomic E-state index is 12.2. The van der Waals surface area contributed by atoms with Gasteiger partial charge in [-0.15, -0.1) is 0 Å². The fraction of sp³-hybridized carbons (Fsp3) is 0.0714. The van der Waals surface area contributed by atoms with Crippen LogP contribution in [-0.2, 0) is 6.67 Å². The Morgan fingerprint density at radius 3 is 2.83 bits per heavy atom. The molecular weight excluding hydrogens is 336 g/mol. The summed E-state index contributed by atoms with van der Waals surface area (Å²) in [5, 5.41) is 21.7. The number of carbonyl (C=O) groups excluding carboxylic acids is 1. The highest BCUT2D eigenvalue weighted by Gasteiger charge is 2.15. The SMILES string of the molecule is O=C(Nc1cc([N+](=O)[O-])ccc1Cl)c1ccn(Cn2cccn2)n1. The topological polar surface area (TPSA) is 108 Å². The summed E-state index contributed by atoms with van der Waals surface area (Å²) in [4.78, 5) is 22.5. The lowest BCUT2D eigenvalue weighted by Gasteiger charge is -2.05. The van der Waals surface area contributed by atoms with Gasteiger partial charge in [-0.2, -0.15) is 10.2 Å². The molecule has 2 heterocycles. The van der Waals surface area contributed by atoms with E-state index in [0.717, 1.165) is 0 Å². The minimum Gasteiger partial charge on any atom is -0.319 e. The molecule has 1 amide bonds. The lowest BCUT2D eigenvalue weighted by Crippen LogP contribution is -2.15. The summed E-state index contributed by atoms with van der Waals surface area (Å²) in [7, 11) is 0. The van der Waals surface area contributed by atoms with E-state index < -0.39 is 10.8 Å². The minimum absolute atomic E-state index is 0.150. The van der Waals surface area contributed by atoms with E-state index in [2.05, 4.69) is 15.5 Å². The summed E-state index contributed by atoms with van der Waals surface area (Å²) in [6.07, 6.45) is 5.04. The highest BCUT2D eigenvalue weighted by atomic mass is 35.5. The normalized spacial score (nSPS) is 10.5. The first-order chi connectivity index (χ1) is 11.5. The van der Waals surface area contributed by atoms with Gasteiger partial charge in [0.1, 0.15) is 6.67 Å². The first-order valence-corrected chi connectivity index (χ1v) is 7.17. The third kappa shape index (κ3) is 3.41. The van der Waals surface area contributed by atoms with Gasteiger partial charge in [0.25, 0.3) is 11.6 Å². The molecule has 0 aliphatic carbocycles. The highest BCUT2D eigenvalue weighted by molar-refractivity contribution is 6.34. The largest absolute Gasteiger partial charge is 0.319 e. The number of rotatable bonds is 5. The van der Waals surface area contributed by atoms with Gasteiger partial charge in [-0.25, -0.2) is 0 Å². The summed E-state index contributed by atoms with van der Waals surface area (Å²) < 4.78 is 3.18. The molecule has 3 aromatic rings. The van der Waals surface area contributed by atoms with Crippen LogP contribution in [0.5, 0.6) is 0 Å². The molecule has 1 aromatic carbocycles. The molecule has 0 aliphatic rings. The average Bonchev–Trinajstić information content (AvgIpc) is 3.21. The fourth-order valence-corrected chi connectivity index (χ4v) is 2.17. The van der Waals surface area contributed by atoms with Crippen molar-refractivity contribution in [3.63, 3.8) is 0 Å². The molecule has 9 nitrogen and oxygen atoms in total. The molecule has 0 unspecified atom stereocenters. The van der Waals surface area contributed by atoms with E-state index in [1.165, 1.54) is 28.9 Å². The zero-order chi connectivity index (χ0) is 17.1. The van der Waals surface area contributed by atoms with Crippen molar-refractivity contribution >= 4 is 28.9 Å². The zero-order valence-corrected chi connectivity index (χ0v) is 12.9. The smallest absolute Gasteiger partial charge is 0.276 e. The Hall–Kier alpha value is -3.20. The van der Waals surface area contributed by atoms with Crippen LogP contribution in [-0.4, -0.2) is 30.4 Å². The van der Waals surface area contributed by atoms with Crippen molar-refractivity contribution in [1.82, 2.24) is 19.6 Å². The van der Waals surface area contributed by atoms with Crippen molar-refractivity contribution < 1.29 is 9.72 Å². The lowest BCUT2D eigenvalue weighted by atomic mass is 10.2. The number of nitro groups is 1. The molecular formula is C14H11ClN6O3. The molecule has 3 rings (SSSR count). The first kappa shape index (κ1) is 15.7. The van der Waals surface area contributed by atoms with Crippen LogP contribution >= 0.6 is 11.6 Å². The third-order valence-corrected chi connectivity index (χ3v) is 3.46. The standard InChI is InChI=1S/C14H11ClN6O3/c15-11-3-2-10(21(23)24)8-13(11)17-14(22)12-4-7-20(18-12)9-19-6-1-5-16-19/h1-8H,9H2,(H,17,22). The number of hydrogen-bond donors (Lipinski definition) is 1. The summed E-state index contributed by atoms with van der Waals surface area (Å²) in [6, 6.07) is 7.12. The monoisotopic (exact) mass is 346 g/mol. The molecule has 0 aliphatic heterocycles. The van der Waals surface area contributed by atoms with Crippen LogP contribution in [0.25, 0.3) is 0 Å². The highest BCUT2D eigenvalue weighted by Crippen LogP contribution is 2.26. The van der Waals surface area contributed by atoms with Gasteiger partial charge in [-0.05, 0) is 18.2 Å². The van der Waals surface area contributed by atoms with Gasteiger partial charge in [0.2, 0.25) is 0 Å². The molecule has 0 fully saturated rings. The Morgan fingerprint density at radius 2 is 2.12 bits per heavy atom. The Morgan fingerprint density at radius 1 is 1.29 bits per heavy atom. The zero-order valence-electron chi connectivity index (χ0n) is 12.2. The number of amides is 1. The number of hydrogen-bond acceptors (Lipinski definition) is 5. The molecule has 2 aromatic heterocycles. The summed E-state index contributed by atoms with van der Waals surface area (Å²) in [6.45, 7) is 0.359. The lowest BCUT2D eigenvalue weighted by molar-refractivity contribution is -0.384. The van der Waals surface area contributed by atoms with Crippen molar-refractivity contribution in [2.24, 2.45) is 0 Å². The minimum atomic E-state index is -0.565. The van der Waals surface area contributed by atoms with E-state index in [1.807, 2.05) is 0 Å². The van der Waals surface area contributed by atoms with E-state index >= 15 is 0 Å². The number of nitrogens with zero attached hydrogens (tertiary/aromatic N) is 5. The van der Waals surface area contributed by atoms with Crippen molar-refractivity contribution in [3.8, 4) is 0 Å².